The van der Waals surface area contributed by atoms with E-state index in [1.807, 2.05) is 30.5 Å². The first-order valence-corrected chi connectivity index (χ1v) is 15.5. The molecular formula is C32H39N3O7S. The number of benzene rings is 1. The average molecular weight is 610 g/mol. The molecule has 11 heteroatoms. The zero-order valence-electron chi connectivity index (χ0n) is 25.2. The van der Waals surface area contributed by atoms with E-state index in [0.717, 1.165) is 28.2 Å². The lowest BCUT2D eigenvalue weighted by atomic mass is 9.95. The number of ether oxygens (including phenoxy) is 3. The predicted molar refractivity (Wildman–Crippen MR) is 169 cm³/mol. The van der Waals surface area contributed by atoms with Crippen LogP contribution in [0, 0.1) is 0 Å². The summed E-state index contributed by atoms with van der Waals surface area (Å²) in [5, 5.41) is 9.18. The Balaban J connectivity index is 1.76. The van der Waals surface area contributed by atoms with Gasteiger partial charge in [0.15, 0.2) is 11.5 Å². The lowest BCUT2D eigenvalue weighted by Crippen LogP contribution is -2.41. The maximum Gasteiger partial charge on any atom is 0.242 e. The molecule has 0 radical (unpaired) electrons. The minimum Gasteiger partial charge on any atom is -0.493 e. The number of carbonyl (C=O) groups excluding carboxylic acids is 2. The fourth-order valence-corrected chi connectivity index (χ4v) is 5.88. The quantitative estimate of drug-likeness (QED) is 0.259. The van der Waals surface area contributed by atoms with Gasteiger partial charge in [0, 0.05) is 25.5 Å². The molecule has 1 aliphatic carbocycles. The Morgan fingerprint density at radius 1 is 1.09 bits per heavy atom. The van der Waals surface area contributed by atoms with Gasteiger partial charge < -0.3 is 34.6 Å². The summed E-state index contributed by atoms with van der Waals surface area (Å²) >= 11 is 1.62. The van der Waals surface area contributed by atoms with Gasteiger partial charge in [0.2, 0.25) is 23.0 Å². The second-order valence-corrected chi connectivity index (χ2v) is 11.2. The first-order chi connectivity index (χ1) is 20.8. The molecule has 230 valence electrons. The largest absolute Gasteiger partial charge is 0.493 e. The van der Waals surface area contributed by atoms with Crippen molar-refractivity contribution in [2.24, 2.45) is 0 Å². The molecule has 2 aromatic carbocycles. The van der Waals surface area contributed by atoms with Gasteiger partial charge in [0.1, 0.15) is 11.8 Å². The van der Waals surface area contributed by atoms with Crippen LogP contribution in [0.1, 0.15) is 42.7 Å². The third-order valence-electron chi connectivity index (χ3n) is 7.42. The molecule has 4 rings (SSSR count). The first kappa shape index (κ1) is 31.8. The minimum atomic E-state index is -0.628. The highest BCUT2D eigenvalue weighted by molar-refractivity contribution is 7.98. The molecule has 0 saturated carbocycles. The van der Waals surface area contributed by atoms with Crippen molar-refractivity contribution in [2.45, 2.75) is 44.7 Å². The highest BCUT2D eigenvalue weighted by Gasteiger charge is 2.30. The Morgan fingerprint density at radius 2 is 1.88 bits per heavy atom. The van der Waals surface area contributed by atoms with Crippen molar-refractivity contribution in [1.29, 1.82) is 0 Å². The summed E-state index contributed by atoms with van der Waals surface area (Å²) in [5.41, 5.74) is 3.06. The van der Waals surface area contributed by atoms with E-state index >= 15 is 0 Å². The van der Waals surface area contributed by atoms with Crippen LogP contribution >= 0.6 is 11.8 Å². The van der Waals surface area contributed by atoms with Crippen LogP contribution in [-0.4, -0.2) is 57.7 Å². The molecule has 10 nitrogen and oxygen atoms in total. The van der Waals surface area contributed by atoms with Crippen molar-refractivity contribution in [3.05, 3.63) is 69.8 Å². The average Bonchev–Trinajstić information content (AvgIpc) is 3.41. The number of anilines is 1. The van der Waals surface area contributed by atoms with Gasteiger partial charge in [-0.1, -0.05) is 6.07 Å². The maximum absolute atomic E-state index is 13.7. The Kier molecular flexibility index (Phi) is 11.0. The fraction of sp³-hybridized carbons (Fsp3) is 0.406. The van der Waals surface area contributed by atoms with Gasteiger partial charge >= 0.3 is 0 Å². The summed E-state index contributed by atoms with van der Waals surface area (Å²) in [5.74, 6) is 2.54. The molecule has 0 spiro atoms. The summed E-state index contributed by atoms with van der Waals surface area (Å²) in [6, 6.07) is 9.61. The SMILES string of the molecule is COc1cc2c(c(OC)c1OC)-c1ccc(NC(CCSC)C(=O)NCCc3ccco3)c(=O)cc1C(NC(C)=O)CC2. The van der Waals surface area contributed by atoms with E-state index in [2.05, 4.69) is 16.0 Å². The van der Waals surface area contributed by atoms with Crippen LogP contribution in [-0.2, 0) is 22.4 Å². The molecule has 0 bridgehead atoms. The lowest BCUT2D eigenvalue weighted by molar-refractivity contribution is -0.122. The van der Waals surface area contributed by atoms with Gasteiger partial charge in [-0.25, -0.2) is 0 Å². The highest BCUT2D eigenvalue weighted by atomic mass is 32.2. The van der Waals surface area contributed by atoms with Crippen molar-refractivity contribution >= 4 is 29.3 Å². The van der Waals surface area contributed by atoms with E-state index in [1.54, 1.807) is 51.5 Å². The number of hydrogen-bond acceptors (Lipinski definition) is 9. The monoisotopic (exact) mass is 609 g/mol. The van der Waals surface area contributed by atoms with Gasteiger partial charge in [-0.05, 0) is 78.3 Å². The van der Waals surface area contributed by atoms with Crippen LogP contribution in [0.3, 0.4) is 0 Å². The van der Waals surface area contributed by atoms with Crippen LogP contribution in [0.4, 0.5) is 5.69 Å². The molecule has 2 amide bonds. The summed E-state index contributed by atoms with van der Waals surface area (Å²) in [6.45, 7) is 1.87. The van der Waals surface area contributed by atoms with E-state index in [4.69, 9.17) is 18.6 Å². The van der Waals surface area contributed by atoms with Crippen LogP contribution < -0.4 is 35.6 Å². The maximum atomic E-state index is 13.7. The van der Waals surface area contributed by atoms with Gasteiger partial charge in [0.25, 0.3) is 0 Å². The number of methoxy groups -OCH3 is 3. The number of hydrogen-bond donors (Lipinski definition) is 3. The number of fused-ring (bicyclic) bond motifs is 3. The second-order valence-electron chi connectivity index (χ2n) is 10.2. The van der Waals surface area contributed by atoms with E-state index in [1.165, 1.54) is 6.92 Å². The molecule has 0 fully saturated rings. The predicted octanol–water partition coefficient (Wildman–Crippen LogP) is 4.35. The molecule has 1 aliphatic rings. The lowest BCUT2D eigenvalue weighted by Gasteiger charge is -2.19. The van der Waals surface area contributed by atoms with Crippen molar-refractivity contribution in [2.75, 3.05) is 45.2 Å². The molecule has 2 unspecified atom stereocenters. The Morgan fingerprint density at radius 3 is 2.53 bits per heavy atom. The molecular weight excluding hydrogens is 570 g/mol. The van der Waals surface area contributed by atoms with Crippen molar-refractivity contribution < 1.29 is 28.2 Å². The van der Waals surface area contributed by atoms with E-state index in [0.29, 0.717) is 55.0 Å². The zero-order chi connectivity index (χ0) is 30.9. The van der Waals surface area contributed by atoms with Crippen molar-refractivity contribution in [3.63, 3.8) is 0 Å². The van der Waals surface area contributed by atoms with Crippen LogP contribution in [0.25, 0.3) is 11.1 Å². The van der Waals surface area contributed by atoms with Crippen LogP contribution in [0.15, 0.2) is 51.9 Å². The van der Waals surface area contributed by atoms with Gasteiger partial charge in [-0.2, -0.15) is 11.8 Å². The number of nitrogens with one attached hydrogen (secondary N) is 3. The molecule has 2 atom stereocenters. The Hall–Kier alpha value is -4.12. The molecule has 1 heterocycles. The van der Waals surface area contributed by atoms with Crippen LogP contribution in [0.5, 0.6) is 17.2 Å². The summed E-state index contributed by atoms with van der Waals surface area (Å²) in [7, 11) is 4.67. The highest BCUT2D eigenvalue weighted by Crippen LogP contribution is 2.50. The molecule has 1 aromatic heterocycles. The number of carbonyl (C=O) groups is 2. The number of aryl methyl sites for hydroxylation is 1. The topological polar surface area (TPSA) is 128 Å². The summed E-state index contributed by atoms with van der Waals surface area (Å²) < 4.78 is 22.5. The van der Waals surface area contributed by atoms with E-state index in [-0.39, 0.29) is 22.9 Å². The third kappa shape index (κ3) is 7.45. The number of amides is 2. The van der Waals surface area contributed by atoms with E-state index < -0.39 is 12.1 Å². The zero-order valence-corrected chi connectivity index (χ0v) is 26.0. The fourth-order valence-electron chi connectivity index (χ4n) is 5.41. The van der Waals surface area contributed by atoms with Gasteiger partial charge in [-0.3, -0.25) is 14.4 Å². The smallest absolute Gasteiger partial charge is 0.242 e. The second kappa shape index (κ2) is 14.9. The van der Waals surface area contributed by atoms with Crippen molar-refractivity contribution in [3.8, 4) is 28.4 Å². The summed E-state index contributed by atoms with van der Waals surface area (Å²) in [6.07, 6.45) is 5.81. The third-order valence-corrected chi connectivity index (χ3v) is 8.07. The number of furan rings is 1. The van der Waals surface area contributed by atoms with Crippen molar-refractivity contribution in [1.82, 2.24) is 10.6 Å². The Labute approximate surface area is 255 Å². The number of rotatable bonds is 13. The molecule has 43 heavy (non-hydrogen) atoms. The molecule has 0 saturated heterocycles. The van der Waals surface area contributed by atoms with Crippen LogP contribution in [0.2, 0.25) is 0 Å². The normalized spacial score (nSPS) is 14.4. The number of thioether (sulfide) groups is 1. The Bertz CT molecular complexity index is 1490. The van der Waals surface area contributed by atoms with E-state index in [9.17, 15) is 14.4 Å². The minimum absolute atomic E-state index is 0.201. The standard InChI is InChI=1S/C32H39N3O7S/c1-19(36)34-24-10-8-20-17-28(39-2)30(40-3)31(41-4)29(20)22-9-11-25(27(37)18-23(22)24)35-26(13-16-43-5)32(38)33-14-12-21-7-6-15-42-21/h6-7,9,11,15,17-18,24,26H,8,10,12-14,16H2,1-5H3,(H,33,38)(H,34,36)(H,35,37). The molecule has 3 N–H and O–H groups in total. The van der Waals surface area contributed by atoms with Gasteiger partial charge in [0.05, 0.1) is 39.3 Å². The first-order valence-electron chi connectivity index (χ1n) is 14.1. The van der Waals surface area contributed by atoms with Gasteiger partial charge in [-0.15, -0.1) is 0 Å². The molecule has 3 aromatic rings. The summed E-state index contributed by atoms with van der Waals surface area (Å²) in [4.78, 5) is 39.2. The molecule has 0 aliphatic heterocycles.